The molecule has 2 aromatic carbocycles. The molecule has 2 aromatic rings. The molecule has 11 nitrogen and oxygen atoms in total. The van der Waals surface area contributed by atoms with E-state index in [2.05, 4.69) is 0 Å². The van der Waals surface area contributed by atoms with E-state index in [1.54, 1.807) is 63.4 Å². The standard InChI is InChI=1S/C30H31N3O8/c1-32(2)19-11-16(14-7-5-6-13(8-14)12-34)24(35)21-17(19)9-15-10-18-23(33(3)4)26(37)22(29(31)40)28(39)30(18,41)27(38)20(15)25(21)36/h5-8,11-12,15,18,23,35,37-38,41H,9-10H2,1-4H3,(H2,31,40)/t15-,18-,23-,30-/m0/s1. The zero-order chi connectivity index (χ0) is 30.1. The second-order valence-electron chi connectivity index (χ2n) is 11.2. The molecule has 3 aliphatic carbocycles. The maximum Gasteiger partial charge on any atom is 0.255 e. The van der Waals surface area contributed by atoms with Crippen molar-refractivity contribution in [2.75, 3.05) is 33.1 Å². The number of hydrogen-bond donors (Lipinski definition) is 5. The van der Waals surface area contributed by atoms with Crippen molar-refractivity contribution in [2.45, 2.75) is 24.5 Å². The van der Waals surface area contributed by atoms with Gasteiger partial charge in [-0.05, 0) is 56.1 Å². The second kappa shape index (κ2) is 9.57. The highest BCUT2D eigenvalue weighted by atomic mass is 16.3. The van der Waals surface area contributed by atoms with Crippen LogP contribution in [-0.2, 0) is 16.0 Å². The topological polar surface area (TPSA) is 182 Å². The van der Waals surface area contributed by atoms with Crippen molar-refractivity contribution >= 4 is 29.4 Å². The average molecular weight is 562 g/mol. The van der Waals surface area contributed by atoms with Crippen LogP contribution >= 0.6 is 0 Å². The molecule has 0 spiro atoms. The molecule has 0 saturated carbocycles. The largest absolute Gasteiger partial charge is 0.510 e. The minimum Gasteiger partial charge on any atom is -0.510 e. The summed E-state index contributed by atoms with van der Waals surface area (Å²) in [5, 5.41) is 45.7. The van der Waals surface area contributed by atoms with Gasteiger partial charge in [0, 0.05) is 42.4 Å². The lowest BCUT2D eigenvalue weighted by molar-refractivity contribution is -0.148. The number of phenolic OH excluding ortho intramolecular Hbond substituents is 1. The van der Waals surface area contributed by atoms with Crippen molar-refractivity contribution < 1.29 is 39.6 Å². The van der Waals surface area contributed by atoms with Gasteiger partial charge in [0.1, 0.15) is 29.1 Å². The van der Waals surface area contributed by atoms with Gasteiger partial charge in [0.15, 0.2) is 11.4 Å². The van der Waals surface area contributed by atoms with Crippen molar-refractivity contribution in [3.05, 3.63) is 69.7 Å². The fourth-order valence-electron chi connectivity index (χ4n) is 6.70. The molecule has 0 aromatic heterocycles. The first-order valence-electron chi connectivity index (χ1n) is 13.0. The molecule has 4 atom stereocenters. The zero-order valence-corrected chi connectivity index (χ0v) is 23.0. The smallest absolute Gasteiger partial charge is 0.255 e. The number of ketones is 2. The molecule has 0 radical (unpaired) electrons. The minimum atomic E-state index is -2.71. The molecular weight excluding hydrogens is 530 g/mol. The lowest BCUT2D eigenvalue weighted by atomic mass is 9.58. The van der Waals surface area contributed by atoms with Gasteiger partial charge >= 0.3 is 0 Å². The number of benzene rings is 2. The van der Waals surface area contributed by atoms with Gasteiger partial charge in [-0.25, -0.2) is 0 Å². The van der Waals surface area contributed by atoms with Gasteiger partial charge in [0.25, 0.3) is 5.91 Å². The Balaban J connectivity index is 1.76. The van der Waals surface area contributed by atoms with Gasteiger partial charge in [-0.15, -0.1) is 0 Å². The van der Waals surface area contributed by atoms with E-state index >= 15 is 0 Å². The van der Waals surface area contributed by atoms with Crippen LogP contribution in [0.15, 0.2) is 53.0 Å². The van der Waals surface area contributed by atoms with E-state index in [1.807, 2.05) is 0 Å². The summed E-state index contributed by atoms with van der Waals surface area (Å²) < 4.78 is 0. The molecule has 0 fully saturated rings. The molecule has 0 bridgehead atoms. The number of Topliss-reactive ketones (excluding diaryl/α,β-unsaturated/α-hetero) is 2. The van der Waals surface area contributed by atoms with E-state index in [0.717, 1.165) is 0 Å². The molecule has 0 unspecified atom stereocenters. The fourth-order valence-corrected chi connectivity index (χ4v) is 6.70. The monoisotopic (exact) mass is 561 g/mol. The van der Waals surface area contributed by atoms with Gasteiger partial charge in [-0.1, -0.05) is 18.2 Å². The summed E-state index contributed by atoms with van der Waals surface area (Å²) in [7, 11) is 6.72. The van der Waals surface area contributed by atoms with Crippen LogP contribution in [0.3, 0.4) is 0 Å². The first-order chi connectivity index (χ1) is 19.2. The van der Waals surface area contributed by atoms with E-state index in [9.17, 15) is 39.6 Å². The second-order valence-corrected chi connectivity index (χ2v) is 11.2. The number of anilines is 1. The molecule has 5 rings (SSSR count). The highest BCUT2D eigenvalue weighted by Crippen LogP contribution is 2.54. The van der Waals surface area contributed by atoms with Gasteiger partial charge < -0.3 is 31.1 Å². The number of phenols is 1. The summed E-state index contributed by atoms with van der Waals surface area (Å²) in [6, 6.07) is 7.16. The maximum absolute atomic E-state index is 14.1. The first-order valence-corrected chi connectivity index (χ1v) is 13.0. The predicted molar refractivity (Wildman–Crippen MR) is 149 cm³/mol. The zero-order valence-electron chi connectivity index (χ0n) is 23.0. The molecule has 1 amide bonds. The van der Waals surface area contributed by atoms with Crippen LogP contribution < -0.4 is 10.6 Å². The van der Waals surface area contributed by atoms with Crippen molar-refractivity contribution in [2.24, 2.45) is 17.6 Å². The Morgan fingerprint density at radius 2 is 1.78 bits per heavy atom. The first kappa shape index (κ1) is 28.1. The lowest BCUT2D eigenvalue weighted by Gasteiger charge is -2.50. The quantitative estimate of drug-likeness (QED) is 0.266. The number of fused-ring (bicyclic) bond motifs is 3. The van der Waals surface area contributed by atoms with Crippen LogP contribution in [0.4, 0.5) is 5.69 Å². The third-order valence-electron chi connectivity index (χ3n) is 8.51. The normalized spacial score (nSPS) is 25.6. The lowest BCUT2D eigenvalue weighted by Crippen LogP contribution is -2.63. The van der Waals surface area contributed by atoms with E-state index in [1.165, 1.54) is 4.90 Å². The van der Waals surface area contributed by atoms with Crippen molar-refractivity contribution in [3.63, 3.8) is 0 Å². The number of aliphatic hydroxyl groups excluding tert-OH is 2. The molecule has 41 heavy (non-hydrogen) atoms. The Hall–Kier alpha value is -4.48. The molecule has 6 N–H and O–H groups in total. The van der Waals surface area contributed by atoms with E-state index in [-0.39, 0.29) is 35.3 Å². The summed E-state index contributed by atoms with van der Waals surface area (Å²) >= 11 is 0. The molecule has 0 heterocycles. The van der Waals surface area contributed by atoms with Gasteiger partial charge in [0.2, 0.25) is 5.78 Å². The molecule has 11 heteroatoms. The highest BCUT2D eigenvalue weighted by molar-refractivity contribution is 6.25. The minimum absolute atomic E-state index is 0.00250. The number of primary amides is 1. The number of hydrogen-bond acceptors (Lipinski definition) is 10. The van der Waals surface area contributed by atoms with Crippen LogP contribution in [0.1, 0.15) is 32.7 Å². The fraction of sp³-hybridized carbons (Fsp3) is 0.333. The van der Waals surface area contributed by atoms with E-state index < -0.39 is 58.0 Å². The number of allylic oxidation sites excluding steroid dienone is 1. The summed E-state index contributed by atoms with van der Waals surface area (Å²) in [4.78, 5) is 54.5. The number of aliphatic hydroxyl groups is 3. The van der Waals surface area contributed by atoms with Crippen molar-refractivity contribution in [1.82, 2.24) is 4.90 Å². The predicted octanol–water partition coefficient (Wildman–Crippen LogP) is 1.67. The third-order valence-corrected chi connectivity index (χ3v) is 8.51. The Kier molecular flexibility index (Phi) is 6.55. The number of likely N-dealkylation sites (N-methyl/N-ethyl adjacent to an activating group) is 1. The summed E-state index contributed by atoms with van der Waals surface area (Å²) in [5.41, 5.74) is 3.77. The number of amides is 1. The molecule has 3 aliphatic rings. The third kappa shape index (κ3) is 3.87. The number of nitrogens with zero attached hydrogens (tertiary/aromatic N) is 2. The molecule has 0 saturated heterocycles. The van der Waals surface area contributed by atoms with Gasteiger partial charge in [-0.2, -0.15) is 0 Å². The Labute approximate surface area is 235 Å². The Bertz CT molecular complexity index is 1600. The van der Waals surface area contributed by atoms with E-state index in [4.69, 9.17) is 5.73 Å². The van der Waals surface area contributed by atoms with Crippen molar-refractivity contribution in [3.8, 4) is 16.9 Å². The van der Waals surface area contributed by atoms with Crippen LogP contribution in [0.5, 0.6) is 5.75 Å². The van der Waals surface area contributed by atoms with Crippen LogP contribution in [0.2, 0.25) is 0 Å². The molecule has 0 aliphatic heterocycles. The Morgan fingerprint density at radius 3 is 2.37 bits per heavy atom. The van der Waals surface area contributed by atoms with Gasteiger partial charge in [0.05, 0.1) is 11.6 Å². The van der Waals surface area contributed by atoms with Crippen LogP contribution in [-0.4, -0.2) is 88.9 Å². The van der Waals surface area contributed by atoms with Crippen molar-refractivity contribution in [1.29, 1.82) is 0 Å². The number of carbonyl (C=O) groups is 4. The van der Waals surface area contributed by atoms with Crippen LogP contribution in [0.25, 0.3) is 11.1 Å². The van der Waals surface area contributed by atoms with Gasteiger partial charge in [-0.3, -0.25) is 24.1 Å². The highest BCUT2D eigenvalue weighted by Gasteiger charge is 2.63. The number of rotatable bonds is 5. The summed E-state index contributed by atoms with van der Waals surface area (Å²) in [6.07, 6.45) is 0.838. The Morgan fingerprint density at radius 1 is 1.10 bits per heavy atom. The number of aromatic hydroxyl groups is 1. The summed E-state index contributed by atoms with van der Waals surface area (Å²) in [5.74, 6) is -7.02. The maximum atomic E-state index is 14.1. The SMILES string of the molecule is CN(C)c1cc(-c2cccc(C=O)c2)c(O)c2c1C[C@H]1C[C@H]3[C@H](N(C)C)C(O)=C(C(N)=O)C(=O)[C@@]3(O)C(O)=C1C2=O. The number of nitrogens with two attached hydrogens (primary N) is 1. The van der Waals surface area contributed by atoms with E-state index in [0.29, 0.717) is 28.7 Å². The number of carbonyl (C=O) groups excluding carboxylic acids is 4. The average Bonchev–Trinajstić information content (AvgIpc) is 2.90. The molecule has 214 valence electrons. The number of aldehydes is 1. The van der Waals surface area contributed by atoms with Crippen LogP contribution in [0, 0.1) is 11.8 Å². The summed E-state index contributed by atoms with van der Waals surface area (Å²) in [6.45, 7) is 0. The molecular formula is C30H31N3O8.